The fourth-order valence-corrected chi connectivity index (χ4v) is 2.64. The van der Waals surface area contributed by atoms with Gasteiger partial charge in [-0.05, 0) is 18.6 Å². The van der Waals surface area contributed by atoms with E-state index in [0.717, 1.165) is 6.42 Å². The molecule has 0 radical (unpaired) electrons. The Balaban J connectivity index is 2.37. The summed E-state index contributed by atoms with van der Waals surface area (Å²) in [6.45, 7) is 1.23. The van der Waals surface area contributed by atoms with Crippen LogP contribution in [0, 0.1) is 0 Å². The Bertz CT molecular complexity index is 534. The number of sulfonamides is 1. The number of pyridine rings is 1. The van der Waals surface area contributed by atoms with Crippen molar-refractivity contribution >= 4 is 15.9 Å². The van der Waals surface area contributed by atoms with Gasteiger partial charge in [-0.25, -0.2) is 13.1 Å². The highest BCUT2D eigenvalue weighted by Gasteiger charge is 2.15. The number of carbonyl (C=O) groups is 1. The van der Waals surface area contributed by atoms with Gasteiger partial charge >= 0.3 is 0 Å². The number of nitrogens with one attached hydrogen (secondary N) is 1. The lowest BCUT2D eigenvalue weighted by Gasteiger charge is -2.17. The van der Waals surface area contributed by atoms with E-state index in [0.29, 0.717) is 13.2 Å². The van der Waals surface area contributed by atoms with Crippen LogP contribution >= 0.6 is 0 Å². The molecule has 0 aliphatic carbocycles. The first-order chi connectivity index (χ1) is 9.97. The van der Waals surface area contributed by atoms with Crippen molar-refractivity contribution in [3.05, 3.63) is 24.5 Å². The second-order valence-corrected chi connectivity index (χ2v) is 6.27. The van der Waals surface area contributed by atoms with Crippen molar-refractivity contribution in [1.82, 2.24) is 14.6 Å². The van der Waals surface area contributed by atoms with E-state index < -0.39 is 10.0 Å². The number of carbonyl (C=O) groups excluding carboxylic acids is 1. The molecule has 1 aromatic heterocycles. The lowest BCUT2D eigenvalue weighted by molar-refractivity contribution is -0.129. The first-order valence-electron chi connectivity index (χ1n) is 6.60. The van der Waals surface area contributed by atoms with Gasteiger partial charge in [-0.15, -0.1) is 0 Å². The summed E-state index contributed by atoms with van der Waals surface area (Å²) in [5.74, 6) is -0.111. The summed E-state index contributed by atoms with van der Waals surface area (Å²) in [5.41, 5.74) is 0. The highest BCUT2D eigenvalue weighted by molar-refractivity contribution is 7.89. The zero-order valence-corrected chi connectivity index (χ0v) is 13.1. The molecule has 0 bridgehead atoms. The van der Waals surface area contributed by atoms with E-state index in [1.54, 1.807) is 25.1 Å². The molecule has 0 aliphatic rings. The molecule has 0 saturated heterocycles. The van der Waals surface area contributed by atoms with E-state index in [-0.39, 0.29) is 23.8 Å². The zero-order chi connectivity index (χ0) is 15.7. The van der Waals surface area contributed by atoms with Gasteiger partial charge in [0.25, 0.3) is 0 Å². The average Bonchev–Trinajstić information content (AvgIpc) is 2.48. The minimum absolute atomic E-state index is 0.0602. The normalized spacial score (nSPS) is 11.3. The van der Waals surface area contributed by atoms with Gasteiger partial charge in [0.05, 0.1) is 0 Å². The smallest absolute Gasteiger partial charge is 0.242 e. The van der Waals surface area contributed by atoms with Gasteiger partial charge in [-0.2, -0.15) is 0 Å². The van der Waals surface area contributed by atoms with Gasteiger partial charge in [0.1, 0.15) is 4.90 Å². The van der Waals surface area contributed by atoms with Crippen molar-refractivity contribution < 1.29 is 17.9 Å². The quantitative estimate of drug-likeness (QED) is 0.660. The van der Waals surface area contributed by atoms with Crippen molar-refractivity contribution in [2.45, 2.75) is 17.7 Å². The van der Waals surface area contributed by atoms with Crippen LogP contribution < -0.4 is 4.72 Å². The van der Waals surface area contributed by atoms with Crippen LogP contribution in [0.25, 0.3) is 0 Å². The number of hydrogen-bond donors (Lipinski definition) is 1. The molecule has 118 valence electrons. The van der Waals surface area contributed by atoms with E-state index in [1.807, 2.05) is 0 Å². The van der Waals surface area contributed by atoms with Crippen LogP contribution in [0.15, 0.2) is 29.4 Å². The molecule has 0 spiro atoms. The van der Waals surface area contributed by atoms with Crippen molar-refractivity contribution in [3.8, 4) is 0 Å². The molecule has 0 saturated carbocycles. The minimum Gasteiger partial charge on any atom is -0.385 e. The van der Waals surface area contributed by atoms with E-state index in [1.165, 1.54) is 18.5 Å². The van der Waals surface area contributed by atoms with Crippen molar-refractivity contribution in [3.63, 3.8) is 0 Å². The van der Waals surface area contributed by atoms with Crippen LogP contribution in [0.5, 0.6) is 0 Å². The molecule has 0 fully saturated rings. The molecular formula is C13H21N3O4S. The van der Waals surface area contributed by atoms with Crippen LogP contribution in [0.3, 0.4) is 0 Å². The Morgan fingerprint density at radius 3 is 2.86 bits per heavy atom. The first-order valence-corrected chi connectivity index (χ1v) is 8.08. The molecule has 1 amide bonds. The summed E-state index contributed by atoms with van der Waals surface area (Å²) in [6.07, 6.45) is 3.63. The van der Waals surface area contributed by atoms with Gasteiger partial charge in [0.2, 0.25) is 15.9 Å². The molecular weight excluding hydrogens is 294 g/mol. The number of hydrogen-bond acceptors (Lipinski definition) is 5. The third-order valence-corrected chi connectivity index (χ3v) is 4.29. The van der Waals surface area contributed by atoms with E-state index in [9.17, 15) is 13.2 Å². The van der Waals surface area contributed by atoms with Crippen molar-refractivity contribution in [2.24, 2.45) is 0 Å². The average molecular weight is 315 g/mol. The van der Waals surface area contributed by atoms with Gasteiger partial charge in [0.15, 0.2) is 0 Å². The van der Waals surface area contributed by atoms with Crippen LogP contribution in [0.1, 0.15) is 12.8 Å². The van der Waals surface area contributed by atoms with E-state index in [2.05, 4.69) is 9.71 Å². The maximum absolute atomic E-state index is 11.9. The van der Waals surface area contributed by atoms with Gasteiger partial charge in [0, 0.05) is 52.7 Å². The van der Waals surface area contributed by atoms with Gasteiger partial charge in [-0.3, -0.25) is 9.78 Å². The molecule has 21 heavy (non-hydrogen) atoms. The number of amides is 1. The lowest BCUT2D eigenvalue weighted by atomic mass is 10.3. The summed E-state index contributed by atoms with van der Waals surface area (Å²) >= 11 is 0. The minimum atomic E-state index is -3.61. The predicted molar refractivity (Wildman–Crippen MR) is 78.2 cm³/mol. The molecule has 8 heteroatoms. The molecule has 1 aromatic rings. The zero-order valence-electron chi connectivity index (χ0n) is 12.3. The summed E-state index contributed by atoms with van der Waals surface area (Å²) < 4.78 is 31.1. The fourth-order valence-electron chi connectivity index (χ4n) is 1.64. The molecule has 1 rings (SSSR count). The molecule has 7 nitrogen and oxygen atoms in total. The number of ether oxygens (including phenoxy) is 1. The maximum Gasteiger partial charge on any atom is 0.242 e. The predicted octanol–water partition coefficient (Wildman–Crippen LogP) is 0.245. The molecule has 0 atom stereocenters. The van der Waals surface area contributed by atoms with Gasteiger partial charge in [-0.1, -0.05) is 0 Å². The molecule has 0 unspecified atom stereocenters. The monoisotopic (exact) mass is 315 g/mol. The Kier molecular flexibility index (Phi) is 7.27. The SMILES string of the molecule is COCCCN(C)C(=O)CCNS(=O)(=O)c1cccnc1. The van der Waals surface area contributed by atoms with Crippen LogP contribution in [0.4, 0.5) is 0 Å². The summed E-state index contributed by atoms with van der Waals surface area (Å²) in [7, 11) is -0.311. The second kappa shape index (κ2) is 8.71. The van der Waals surface area contributed by atoms with Crippen molar-refractivity contribution in [1.29, 1.82) is 0 Å². The Labute approximate surface area is 125 Å². The molecule has 1 heterocycles. The molecule has 0 aliphatic heterocycles. The third-order valence-electron chi connectivity index (χ3n) is 2.84. The highest BCUT2D eigenvalue weighted by atomic mass is 32.2. The number of rotatable bonds is 9. The Morgan fingerprint density at radius 2 is 2.24 bits per heavy atom. The standard InChI is InChI=1S/C13H21N3O4S/c1-16(9-4-10-20-2)13(17)6-8-15-21(18,19)12-5-3-7-14-11-12/h3,5,7,11,15H,4,6,8-10H2,1-2H3. The molecule has 0 aromatic carbocycles. The maximum atomic E-state index is 11.9. The third kappa shape index (κ3) is 6.19. The fraction of sp³-hybridized carbons (Fsp3) is 0.538. The van der Waals surface area contributed by atoms with Crippen molar-refractivity contribution in [2.75, 3.05) is 33.9 Å². The van der Waals surface area contributed by atoms with Crippen LogP contribution in [0.2, 0.25) is 0 Å². The largest absolute Gasteiger partial charge is 0.385 e. The Morgan fingerprint density at radius 1 is 1.48 bits per heavy atom. The summed E-state index contributed by atoms with van der Waals surface area (Å²) in [6, 6.07) is 3.00. The molecule has 1 N–H and O–H groups in total. The van der Waals surface area contributed by atoms with Crippen LogP contribution in [-0.2, 0) is 19.6 Å². The van der Waals surface area contributed by atoms with E-state index in [4.69, 9.17) is 4.74 Å². The van der Waals surface area contributed by atoms with E-state index >= 15 is 0 Å². The topological polar surface area (TPSA) is 88.6 Å². The number of nitrogens with zero attached hydrogens (tertiary/aromatic N) is 2. The Hall–Kier alpha value is -1.51. The highest BCUT2D eigenvalue weighted by Crippen LogP contribution is 2.05. The summed E-state index contributed by atoms with van der Waals surface area (Å²) in [4.78, 5) is 17.2. The first kappa shape index (κ1) is 17.5. The van der Waals surface area contributed by atoms with Gasteiger partial charge < -0.3 is 9.64 Å². The van der Waals surface area contributed by atoms with Crippen LogP contribution in [-0.4, -0.2) is 58.1 Å². The number of aromatic nitrogens is 1. The second-order valence-electron chi connectivity index (χ2n) is 4.50. The number of methoxy groups -OCH3 is 1. The lowest BCUT2D eigenvalue weighted by Crippen LogP contribution is -2.33. The summed E-state index contributed by atoms with van der Waals surface area (Å²) in [5, 5.41) is 0.